The summed E-state index contributed by atoms with van der Waals surface area (Å²) in [5, 5.41) is 5.76. The average molecular weight is 611 g/mol. The van der Waals surface area contributed by atoms with E-state index < -0.39 is 0 Å². The first-order valence-electron chi connectivity index (χ1n) is 15.5. The van der Waals surface area contributed by atoms with Gasteiger partial charge in [0.05, 0.1) is 30.3 Å². The summed E-state index contributed by atoms with van der Waals surface area (Å²) in [6.45, 7) is 6.08. The van der Waals surface area contributed by atoms with E-state index in [1.807, 2.05) is 79.4 Å². The summed E-state index contributed by atoms with van der Waals surface area (Å²) in [4.78, 5) is 43.5. The van der Waals surface area contributed by atoms with E-state index in [2.05, 4.69) is 5.10 Å². The zero-order chi connectivity index (χ0) is 31.3. The minimum absolute atomic E-state index is 0.0418. The van der Waals surface area contributed by atoms with Crippen LogP contribution >= 0.6 is 0 Å². The van der Waals surface area contributed by atoms with E-state index in [1.165, 1.54) is 4.68 Å². The summed E-state index contributed by atoms with van der Waals surface area (Å²) in [5.74, 6) is 1.15. The van der Waals surface area contributed by atoms with E-state index in [-0.39, 0.29) is 43.2 Å². The van der Waals surface area contributed by atoms with Crippen molar-refractivity contribution >= 4 is 22.6 Å². The van der Waals surface area contributed by atoms with E-state index in [4.69, 9.17) is 14.2 Å². The summed E-state index contributed by atoms with van der Waals surface area (Å²) in [7, 11) is 0. The Labute approximate surface area is 262 Å². The predicted molar refractivity (Wildman–Crippen MR) is 170 cm³/mol. The molecule has 0 saturated carbocycles. The average Bonchev–Trinajstić information content (AvgIpc) is 3.06. The maximum Gasteiger partial charge on any atom is 0.275 e. The van der Waals surface area contributed by atoms with Gasteiger partial charge in [-0.25, -0.2) is 4.68 Å². The first kappa shape index (κ1) is 30.3. The normalized spacial score (nSPS) is 16.7. The Morgan fingerprint density at radius 3 is 2.56 bits per heavy atom. The molecule has 0 spiro atoms. The fourth-order valence-corrected chi connectivity index (χ4v) is 6.19. The van der Waals surface area contributed by atoms with Gasteiger partial charge in [-0.1, -0.05) is 36.4 Å². The van der Waals surface area contributed by atoms with Gasteiger partial charge in [0.2, 0.25) is 11.8 Å². The molecule has 10 nitrogen and oxygen atoms in total. The molecule has 0 N–H and O–H groups in total. The van der Waals surface area contributed by atoms with E-state index in [0.717, 1.165) is 22.1 Å². The minimum Gasteiger partial charge on any atom is -0.494 e. The number of carbonyl (C=O) groups excluding carboxylic acids is 2. The number of benzene rings is 3. The van der Waals surface area contributed by atoms with Gasteiger partial charge in [0.1, 0.15) is 31.3 Å². The second-order valence-electron chi connectivity index (χ2n) is 11.3. The van der Waals surface area contributed by atoms with Gasteiger partial charge in [0.25, 0.3) is 5.56 Å². The van der Waals surface area contributed by atoms with Crippen LogP contribution in [0.2, 0.25) is 0 Å². The maximum atomic E-state index is 13.6. The van der Waals surface area contributed by atoms with Gasteiger partial charge in [-0.15, -0.1) is 0 Å². The molecule has 4 aromatic rings. The van der Waals surface area contributed by atoms with Crippen molar-refractivity contribution in [3.05, 3.63) is 99.5 Å². The molecule has 4 heterocycles. The summed E-state index contributed by atoms with van der Waals surface area (Å²) >= 11 is 0. The van der Waals surface area contributed by atoms with E-state index >= 15 is 0 Å². The van der Waals surface area contributed by atoms with Crippen molar-refractivity contribution in [2.24, 2.45) is 0 Å². The van der Waals surface area contributed by atoms with Gasteiger partial charge < -0.3 is 24.0 Å². The molecular weight excluding hydrogens is 572 g/mol. The highest BCUT2D eigenvalue weighted by atomic mass is 16.5. The molecule has 3 aliphatic rings. The van der Waals surface area contributed by atoms with Crippen LogP contribution in [0.4, 0.5) is 0 Å². The Morgan fingerprint density at radius 1 is 0.911 bits per heavy atom. The molecule has 6 bridgehead atoms. The number of hydrogen-bond acceptors (Lipinski definition) is 7. The Morgan fingerprint density at radius 2 is 1.71 bits per heavy atom. The third kappa shape index (κ3) is 6.56. The lowest BCUT2D eigenvalue weighted by Crippen LogP contribution is -2.42. The third-order valence-corrected chi connectivity index (χ3v) is 8.43. The van der Waals surface area contributed by atoms with Gasteiger partial charge in [0, 0.05) is 25.1 Å². The molecule has 7 rings (SSSR count). The van der Waals surface area contributed by atoms with E-state index in [9.17, 15) is 14.4 Å². The van der Waals surface area contributed by atoms with E-state index in [1.54, 1.807) is 11.0 Å². The number of nitrogens with zero attached hydrogens (tertiary/aromatic N) is 4. The summed E-state index contributed by atoms with van der Waals surface area (Å²) in [5.41, 5.74) is 3.52. The van der Waals surface area contributed by atoms with Crippen LogP contribution in [0.15, 0.2) is 71.5 Å². The molecule has 3 aromatic carbocycles. The molecule has 0 saturated heterocycles. The van der Waals surface area contributed by atoms with Crippen LogP contribution in [0.25, 0.3) is 10.8 Å². The number of rotatable bonds is 5. The van der Waals surface area contributed by atoms with Crippen molar-refractivity contribution < 1.29 is 23.8 Å². The lowest BCUT2D eigenvalue weighted by atomic mass is 9.87. The Balaban J connectivity index is 1.25. The fourth-order valence-electron chi connectivity index (χ4n) is 6.19. The second-order valence-corrected chi connectivity index (χ2v) is 11.3. The van der Waals surface area contributed by atoms with Crippen molar-refractivity contribution in [1.29, 1.82) is 0 Å². The largest absolute Gasteiger partial charge is 0.494 e. The smallest absolute Gasteiger partial charge is 0.275 e. The standard InChI is InChI=1S/C35H38N4O6/c1-3-43-23-33(41)38-16-14-25-20-28-12-13-30(25)34(38)26-8-6-9-27(21-26)44-18-7-15-37(17-19-45-28)32(40)22-39-35(42)31-11-5-4-10-29(31)24(2)36-39/h4-6,8-13,20-21,34H,3,7,14-19,22-23H2,1-2H3. The number of carbonyl (C=O) groups is 2. The van der Waals surface area contributed by atoms with Crippen molar-refractivity contribution in [1.82, 2.24) is 19.6 Å². The Bertz CT molecular complexity index is 1770. The van der Waals surface area contributed by atoms with Crippen LogP contribution in [-0.4, -0.2) is 77.5 Å². The molecule has 234 valence electrons. The predicted octanol–water partition coefficient (Wildman–Crippen LogP) is 3.91. The number of amides is 2. The lowest BCUT2D eigenvalue weighted by molar-refractivity contribution is -0.138. The Hall–Kier alpha value is -4.70. The molecule has 1 unspecified atom stereocenters. The molecule has 0 aliphatic carbocycles. The van der Waals surface area contributed by atoms with Crippen molar-refractivity contribution in [3.8, 4) is 11.5 Å². The van der Waals surface area contributed by atoms with Gasteiger partial charge in [-0.2, -0.15) is 5.10 Å². The zero-order valence-electron chi connectivity index (χ0n) is 25.7. The van der Waals surface area contributed by atoms with Crippen LogP contribution < -0.4 is 15.0 Å². The molecular formula is C35H38N4O6. The van der Waals surface area contributed by atoms with Crippen molar-refractivity contribution in [2.75, 3.05) is 46.1 Å². The molecule has 1 atom stereocenters. The molecule has 0 fully saturated rings. The van der Waals surface area contributed by atoms with Crippen molar-refractivity contribution in [3.63, 3.8) is 0 Å². The van der Waals surface area contributed by atoms with Crippen LogP contribution in [0.1, 0.15) is 41.8 Å². The summed E-state index contributed by atoms with van der Waals surface area (Å²) in [6, 6.07) is 20.9. The first-order valence-corrected chi connectivity index (χ1v) is 15.5. The van der Waals surface area contributed by atoms with Gasteiger partial charge in [-0.05, 0) is 73.7 Å². The first-order chi connectivity index (χ1) is 21.9. The van der Waals surface area contributed by atoms with Gasteiger partial charge in [-0.3, -0.25) is 14.4 Å². The number of hydrogen-bond donors (Lipinski definition) is 0. The SMILES string of the molecule is CCOCC(=O)N1CCc2cc3ccc2C1c1cccc(c1)OCCCN(C(=O)Cn1nc(C)c2ccccc2c1=O)CCO3. The second kappa shape index (κ2) is 13.5. The Kier molecular flexibility index (Phi) is 9.11. The molecule has 10 heteroatoms. The van der Waals surface area contributed by atoms with Crippen molar-refractivity contribution in [2.45, 2.75) is 39.3 Å². The third-order valence-electron chi connectivity index (χ3n) is 8.43. The fraction of sp³-hybridized carbons (Fsp3) is 0.371. The highest BCUT2D eigenvalue weighted by molar-refractivity contribution is 5.84. The quantitative estimate of drug-likeness (QED) is 0.338. The number of aromatic nitrogens is 2. The van der Waals surface area contributed by atoms with Crippen LogP contribution in [0, 0.1) is 6.92 Å². The van der Waals surface area contributed by atoms with Crippen LogP contribution in [0.3, 0.4) is 0 Å². The topological polar surface area (TPSA) is 103 Å². The van der Waals surface area contributed by atoms with Gasteiger partial charge in [0.15, 0.2) is 0 Å². The van der Waals surface area contributed by atoms with Gasteiger partial charge >= 0.3 is 0 Å². The highest BCUT2D eigenvalue weighted by Crippen LogP contribution is 2.38. The number of fused-ring (bicyclic) bond motifs is 9. The molecule has 45 heavy (non-hydrogen) atoms. The highest BCUT2D eigenvalue weighted by Gasteiger charge is 2.32. The monoisotopic (exact) mass is 610 g/mol. The molecule has 1 aromatic heterocycles. The number of aryl methyl sites for hydroxylation is 1. The molecule has 3 aliphatic heterocycles. The number of ether oxygens (including phenoxy) is 3. The minimum atomic E-state index is -0.288. The molecule has 2 amide bonds. The van der Waals surface area contributed by atoms with Crippen LogP contribution in [-0.2, 0) is 27.3 Å². The molecule has 0 radical (unpaired) electrons. The summed E-state index contributed by atoms with van der Waals surface area (Å²) in [6.07, 6.45) is 1.27. The lowest BCUT2D eigenvalue weighted by Gasteiger charge is -2.38. The van der Waals surface area contributed by atoms with Crippen LogP contribution in [0.5, 0.6) is 11.5 Å². The maximum absolute atomic E-state index is 13.6. The zero-order valence-corrected chi connectivity index (χ0v) is 25.7. The van der Waals surface area contributed by atoms with E-state index in [0.29, 0.717) is 68.3 Å². The summed E-state index contributed by atoms with van der Waals surface area (Å²) < 4.78 is 19.0.